The first-order valence-electron chi connectivity index (χ1n) is 9.65. The summed E-state index contributed by atoms with van der Waals surface area (Å²) in [5.41, 5.74) is 1.03. The SMILES string of the molecule is CCC(C)C(=O)c1c(O)c(C)c(O)c2c1O[C@@](C)(CCC=C(C)C)[C@H](O)C2. The summed E-state index contributed by atoms with van der Waals surface area (Å²) < 4.78 is 6.16. The van der Waals surface area contributed by atoms with Gasteiger partial charge in [-0.3, -0.25) is 4.79 Å². The summed E-state index contributed by atoms with van der Waals surface area (Å²) in [7, 11) is 0. The van der Waals surface area contributed by atoms with Crippen LogP contribution in [0.15, 0.2) is 11.6 Å². The van der Waals surface area contributed by atoms with Crippen molar-refractivity contribution >= 4 is 5.78 Å². The summed E-state index contributed by atoms with van der Waals surface area (Å²) in [6.07, 6.45) is 3.35. The Morgan fingerprint density at radius 1 is 1.33 bits per heavy atom. The lowest BCUT2D eigenvalue weighted by Crippen LogP contribution is -2.49. The number of hydrogen-bond donors (Lipinski definition) is 3. The molecule has 3 N–H and O–H groups in total. The van der Waals surface area contributed by atoms with Crippen molar-refractivity contribution in [1.29, 1.82) is 0 Å². The molecular formula is C22H32O5. The van der Waals surface area contributed by atoms with E-state index in [1.807, 2.05) is 34.6 Å². The number of carbonyl (C=O) groups excluding carboxylic acids is 1. The zero-order chi connectivity index (χ0) is 20.5. The van der Waals surface area contributed by atoms with Crippen LogP contribution in [-0.4, -0.2) is 32.8 Å². The Labute approximate surface area is 161 Å². The Hall–Kier alpha value is -2.01. The van der Waals surface area contributed by atoms with E-state index in [-0.39, 0.29) is 46.5 Å². The van der Waals surface area contributed by atoms with Crippen molar-refractivity contribution in [1.82, 2.24) is 0 Å². The third-order valence-electron chi connectivity index (χ3n) is 5.67. The van der Waals surface area contributed by atoms with Crippen molar-refractivity contribution in [2.24, 2.45) is 5.92 Å². The molecule has 150 valence electrons. The van der Waals surface area contributed by atoms with Crippen molar-refractivity contribution in [2.75, 3.05) is 0 Å². The van der Waals surface area contributed by atoms with Gasteiger partial charge in [-0.1, -0.05) is 25.5 Å². The average molecular weight is 376 g/mol. The summed E-state index contributed by atoms with van der Waals surface area (Å²) in [6, 6.07) is 0. The number of fused-ring (bicyclic) bond motifs is 1. The van der Waals surface area contributed by atoms with Crippen molar-refractivity contribution in [2.45, 2.75) is 78.9 Å². The van der Waals surface area contributed by atoms with Crippen LogP contribution in [0.25, 0.3) is 0 Å². The van der Waals surface area contributed by atoms with E-state index >= 15 is 0 Å². The second-order valence-corrected chi connectivity index (χ2v) is 8.13. The van der Waals surface area contributed by atoms with Crippen LogP contribution in [-0.2, 0) is 6.42 Å². The number of aliphatic hydroxyl groups excluding tert-OH is 1. The number of allylic oxidation sites excluding steroid dienone is 2. The number of aliphatic hydroxyl groups is 1. The van der Waals surface area contributed by atoms with Gasteiger partial charge in [0.25, 0.3) is 0 Å². The molecule has 1 heterocycles. The van der Waals surface area contributed by atoms with Gasteiger partial charge in [-0.2, -0.15) is 0 Å². The van der Waals surface area contributed by atoms with E-state index in [2.05, 4.69) is 6.08 Å². The van der Waals surface area contributed by atoms with E-state index in [4.69, 9.17) is 4.74 Å². The zero-order valence-corrected chi connectivity index (χ0v) is 17.2. The first-order valence-corrected chi connectivity index (χ1v) is 9.65. The average Bonchev–Trinajstić information content (AvgIpc) is 2.61. The second-order valence-electron chi connectivity index (χ2n) is 8.13. The molecule has 2 rings (SSSR count). The number of ketones is 1. The normalized spacial score (nSPS) is 22.6. The molecule has 0 fully saturated rings. The van der Waals surface area contributed by atoms with Gasteiger partial charge in [-0.15, -0.1) is 0 Å². The lowest BCUT2D eigenvalue weighted by atomic mass is 9.82. The molecule has 1 aliphatic heterocycles. The molecule has 0 saturated carbocycles. The minimum atomic E-state index is -0.905. The molecule has 0 bridgehead atoms. The van der Waals surface area contributed by atoms with Gasteiger partial charge in [0.1, 0.15) is 28.4 Å². The van der Waals surface area contributed by atoms with Gasteiger partial charge >= 0.3 is 0 Å². The molecule has 1 unspecified atom stereocenters. The standard InChI is InChI=1S/C22H32O5/c1-7-13(4)18(24)17-20(26)14(5)19(25)15-11-16(23)22(6,27-21(15)17)10-8-9-12(2)3/h9,13,16,23,25-26H,7-8,10-11H2,1-6H3/t13?,16-,22+/m1/s1. The largest absolute Gasteiger partial charge is 0.507 e. The molecule has 1 aromatic carbocycles. The predicted octanol–water partition coefficient (Wildman–Crippen LogP) is 4.44. The molecule has 0 spiro atoms. The van der Waals surface area contributed by atoms with Crippen LogP contribution in [0.2, 0.25) is 0 Å². The van der Waals surface area contributed by atoms with E-state index in [0.29, 0.717) is 18.4 Å². The highest BCUT2D eigenvalue weighted by atomic mass is 16.5. The van der Waals surface area contributed by atoms with E-state index in [1.54, 1.807) is 6.92 Å². The molecule has 0 aliphatic carbocycles. The highest BCUT2D eigenvalue weighted by molar-refractivity contribution is 6.04. The van der Waals surface area contributed by atoms with Crippen molar-refractivity contribution in [3.8, 4) is 17.2 Å². The van der Waals surface area contributed by atoms with Crippen LogP contribution >= 0.6 is 0 Å². The van der Waals surface area contributed by atoms with Gasteiger partial charge < -0.3 is 20.1 Å². The number of phenolic OH excluding ortho intramolecular Hbond substituents is 2. The van der Waals surface area contributed by atoms with Crippen molar-refractivity contribution < 1.29 is 24.9 Å². The molecule has 5 heteroatoms. The van der Waals surface area contributed by atoms with Crippen LogP contribution in [0.3, 0.4) is 0 Å². The van der Waals surface area contributed by atoms with Gasteiger partial charge in [-0.05, 0) is 47.0 Å². The quantitative estimate of drug-likeness (QED) is 0.505. The molecule has 27 heavy (non-hydrogen) atoms. The minimum absolute atomic E-state index is 0.117. The van der Waals surface area contributed by atoms with Gasteiger partial charge in [-0.25, -0.2) is 0 Å². The van der Waals surface area contributed by atoms with Gasteiger partial charge in [0, 0.05) is 23.5 Å². The number of rotatable bonds is 6. The smallest absolute Gasteiger partial charge is 0.173 e. The van der Waals surface area contributed by atoms with Crippen molar-refractivity contribution in [3.63, 3.8) is 0 Å². The lowest BCUT2D eigenvalue weighted by Gasteiger charge is -2.41. The maximum absolute atomic E-state index is 12.9. The molecule has 0 amide bonds. The predicted molar refractivity (Wildman–Crippen MR) is 106 cm³/mol. The Balaban J connectivity index is 2.56. The molecule has 0 radical (unpaired) electrons. The Kier molecular flexibility index (Phi) is 6.25. The van der Waals surface area contributed by atoms with Crippen molar-refractivity contribution in [3.05, 3.63) is 28.3 Å². The Morgan fingerprint density at radius 2 is 1.96 bits per heavy atom. The highest BCUT2D eigenvalue weighted by Gasteiger charge is 2.43. The number of benzene rings is 1. The molecule has 1 aliphatic rings. The molecule has 0 saturated heterocycles. The fourth-order valence-electron chi connectivity index (χ4n) is 3.43. The number of hydrogen-bond acceptors (Lipinski definition) is 5. The third kappa shape index (κ3) is 3.98. The number of Topliss-reactive ketones (excluding diaryl/α,β-unsaturated/α-hetero) is 1. The number of aromatic hydroxyl groups is 2. The highest BCUT2D eigenvalue weighted by Crippen LogP contribution is 2.48. The van der Waals surface area contributed by atoms with E-state index in [1.165, 1.54) is 5.57 Å². The second kappa shape index (κ2) is 7.93. The summed E-state index contributed by atoms with van der Waals surface area (Å²) in [4.78, 5) is 12.9. The van der Waals surface area contributed by atoms with Crippen LogP contribution in [0.5, 0.6) is 17.2 Å². The van der Waals surface area contributed by atoms with Crippen LogP contribution in [0, 0.1) is 12.8 Å². The Bertz CT molecular complexity index is 761. The lowest BCUT2D eigenvalue weighted by molar-refractivity contribution is -0.0597. The first-order chi connectivity index (χ1) is 12.5. The summed E-state index contributed by atoms with van der Waals surface area (Å²) in [5.74, 6) is -0.632. The number of carbonyl (C=O) groups is 1. The Morgan fingerprint density at radius 3 is 2.52 bits per heavy atom. The zero-order valence-electron chi connectivity index (χ0n) is 17.2. The monoisotopic (exact) mass is 376 g/mol. The molecule has 3 atom stereocenters. The van der Waals surface area contributed by atoms with Crippen LogP contribution in [0.1, 0.15) is 75.4 Å². The van der Waals surface area contributed by atoms with E-state index in [9.17, 15) is 20.1 Å². The summed E-state index contributed by atoms with van der Waals surface area (Å²) in [5, 5.41) is 31.8. The molecule has 0 aromatic heterocycles. The van der Waals surface area contributed by atoms with Crippen LogP contribution in [0.4, 0.5) is 0 Å². The molecule has 5 nitrogen and oxygen atoms in total. The fourth-order valence-corrected chi connectivity index (χ4v) is 3.43. The maximum atomic E-state index is 12.9. The third-order valence-corrected chi connectivity index (χ3v) is 5.67. The van der Waals surface area contributed by atoms with Gasteiger partial charge in [0.2, 0.25) is 0 Å². The van der Waals surface area contributed by atoms with E-state index in [0.717, 1.165) is 6.42 Å². The molecule has 1 aromatic rings. The van der Waals surface area contributed by atoms with Gasteiger partial charge in [0.15, 0.2) is 5.78 Å². The van der Waals surface area contributed by atoms with E-state index < -0.39 is 11.7 Å². The number of ether oxygens (including phenoxy) is 1. The van der Waals surface area contributed by atoms with Gasteiger partial charge in [0.05, 0.1) is 6.10 Å². The summed E-state index contributed by atoms with van der Waals surface area (Å²) in [6.45, 7) is 11.1. The summed E-state index contributed by atoms with van der Waals surface area (Å²) >= 11 is 0. The molecular weight excluding hydrogens is 344 g/mol. The topological polar surface area (TPSA) is 87.0 Å². The van der Waals surface area contributed by atoms with Crippen LogP contribution < -0.4 is 4.74 Å². The first kappa shape index (κ1) is 21.3. The number of phenols is 2. The minimum Gasteiger partial charge on any atom is -0.507 e. The maximum Gasteiger partial charge on any atom is 0.173 e. The fraction of sp³-hybridized carbons (Fsp3) is 0.591.